The second kappa shape index (κ2) is 33.3. The van der Waals surface area contributed by atoms with Crippen LogP contribution in [0.15, 0.2) is 484 Å². The minimum atomic E-state index is -0.193. The number of thiophene rings is 1. The fourth-order valence-electron chi connectivity index (χ4n) is 24.1. The van der Waals surface area contributed by atoms with E-state index in [2.05, 4.69) is 538 Å². The van der Waals surface area contributed by atoms with Crippen molar-refractivity contribution in [2.45, 2.75) is 57.8 Å². The third kappa shape index (κ3) is 13.4. The maximum Gasteiger partial charge on any atom is 0.143 e. The summed E-state index contributed by atoms with van der Waals surface area (Å²) in [4.78, 5) is 20.0. The Hall–Kier alpha value is -17.6. The molecule has 0 unspecified atom stereocenters. The van der Waals surface area contributed by atoms with Crippen LogP contribution in [0.1, 0.15) is 74.9 Å². The highest BCUT2D eigenvalue weighted by Crippen LogP contribution is 2.68. The Balaban J connectivity index is 0.000000107. The number of hydrogen-bond donors (Lipinski definition) is 0. The molecule has 29 rings (SSSR count). The third-order valence-corrected chi connectivity index (χ3v) is 31.6. The quantitative estimate of drug-likeness (QED) is 0.134. The minimum absolute atomic E-state index is 0.180. The van der Waals surface area contributed by atoms with Crippen LogP contribution in [0.2, 0.25) is 0 Å². The summed E-state index contributed by atoms with van der Waals surface area (Å²) < 4.78 is 9.18. The van der Waals surface area contributed by atoms with Crippen molar-refractivity contribution in [2.75, 3.05) is 29.4 Å². The zero-order valence-electron chi connectivity index (χ0n) is 80.1. The number of hydrogen-bond acceptors (Lipinski definition) is 9. The van der Waals surface area contributed by atoms with Crippen LogP contribution in [0, 0.1) is 0 Å². The van der Waals surface area contributed by atoms with Crippen molar-refractivity contribution in [3.63, 3.8) is 0 Å². The monoisotopic (exact) mass is 1850 g/mol. The molecule has 0 bridgehead atoms. The molecule has 0 N–H and O–H groups in total. The van der Waals surface area contributed by atoms with Crippen molar-refractivity contribution in [1.82, 2.24) is 4.98 Å². The molecule has 0 atom stereocenters. The molecular weight excluding hydrogens is 1760 g/mol. The smallest absolute Gasteiger partial charge is 0.143 e. The van der Waals surface area contributed by atoms with Crippen molar-refractivity contribution in [3.05, 3.63) is 513 Å². The Bertz CT molecular complexity index is 8670. The van der Waals surface area contributed by atoms with Crippen molar-refractivity contribution in [1.29, 1.82) is 0 Å². The van der Waals surface area contributed by atoms with Gasteiger partial charge in [-0.2, -0.15) is 0 Å². The number of aromatic nitrogens is 1. The normalized spacial score (nSPS) is 14.0. The molecule has 8 nitrogen and oxygen atoms in total. The van der Waals surface area contributed by atoms with Gasteiger partial charge in [0.15, 0.2) is 0 Å². The highest BCUT2D eigenvalue weighted by atomic mass is 32.1. The van der Waals surface area contributed by atoms with Crippen molar-refractivity contribution in [3.8, 4) is 78.1 Å². The van der Waals surface area contributed by atoms with Gasteiger partial charge in [-0.3, -0.25) is 0 Å². The molecular formula is C134H97N7OS. The summed E-state index contributed by atoms with van der Waals surface area (Å²) in [5.74, 6) is 0. The Morgan fingerprint density at radius 1 is 0.210 bits per heavy atom. The first-order chi connectivity index (χ1) is 70.3. The van der Waals surface area contributed by atoms with Gasteiger partial charge in [-0.15, -0.1) is 11.3 Å². The Morgan fingerprint density at radius 2 is 0.517 bits per heavy atom. The van der Waals surface area contributed by atoms with E-state index in [0.29, 0.717) is 0 Å². The summed E-state index contributed by atoms with van der Waals surface area (Å²) in [6, 6.07) is 173. The molecule has 3 aliphatic heterocycles. The Kier molecular flexibility index (Phi) is 19.7. The third-order valence-electron chi connectivity index (χ3n) is 30.4. The fraction of sp³-hybridized carbons (Fsp3) is 0.0672. The summed E-state index contributed by atoms with van der Waals surface area (Å²) >= 11 is 1.89. The SMILES string of the molecule is CC1(C)c2ccccc2-c2ccc3c(c21)N(c1ccccc1)c1ccc(-c2cccc(-c4ccccc4)n2)cc1N3c1ccccc1.CC1(C)c2ccccc2-c2ccc3c(c21)N(c1ccccc1)c1ccc(-c2cccc4c2oc2ccccc24)cc1N3c1ccccc1.CC1(C)c2ccccc2-c2ccc3c(c21)N(c1ccccc1)c1ccc(-c2cccc4c2sc2ccccc24)cc1N3c1ccccc1. The van der Waals surface area contributed by atoms with Crippen LogP contribution in [0.5, 0.6) is 0 Å². The highest BCUT2D eigenvalue weighted by molar-refractivity contribution is 7.26. The number of nitrogens with zero attached hydrogens (tertiary/aromatic N) is 7. The summed E-state index contributed by atoms with van der Waals surface area (Å²) in [5, 5.41) is 4.92. The molecule has 0 fully saturated rings. The first-order valence-corrected chi connectivity index (χ1v) is 50.3. The van der Waals surface area contributed by atoms with Crippen LogP contribution in [0.3, 0.4) is 0 Å². The molecule has 0 spiro atoms. The molecule has 20 aromatic carbocycles. The number of furan rings is 1. The van der Waals surface area contributed by atoms with Gasteiger partial charge in [0.05, 0.1) is 79.6 Å². The maximum atomic E-state index is 6.52. The standard InChI is InChI=1S/C45H32N2O.C45H32N2S.C44H33N3/c2*1-45(2)37-22-11-9-18-33(37)35-25-27-39-43(42(35)45)47(31-16-7-4-8-17-31)38-26-24-29(28-40(38)46(39)30-14-5-3-6-15-30)32-20-13-21-36-34-19-10-12-23-41(34)48-44(32)36;1-44(2)36-22-13-12-21-34(36)35-26-28-40-43(42(35)44)47(33-19-10-5-11-20-33)39-27-25-31(29-41(39)46(40)32-17-8-4-9-18-32)38-24-14-23-37(45-38)30-15-6-3-7-16-30/h2*3-28H,1-2H3;3-29H,1-2H3. The van der Waals surface area contributed by atoms with E-state index < -0.39 is 0 Å². The lowest BCUT2D eigenvalue weighted by Crippen LogP contribution is -2.28. The van der Waals surface area contributed by atoms with Gasteiger partial charge in [-0.05, 0) is 235 Å². The average Bonchev–Trinajstić information content (AvgIpc) is 1.58. The molecule has 3 aliphatic carbocycles. The second-order valence-electron chi connectivity index (χ2n) is 39.6. The van der Waals surface area contributed by atoms with E-state index in [9.17, 15) is 0 Å². The lowest BCUT2D eigenvalue weighted by molar-refractivity contribution is 0.660. The van der Waals surface area contributed by atoms with E-state index in [1.807, 2.05) is 23.5 Å². The van der Waals surface area contributed by atoms with Gasteiger partial charge in [-0.1, -0.05) is 369 Å². The van der Waals surface area contributed by atoms with Crippen LogP contribution in [0.25, 0.3) is 120 Å². The van der Waals surface area contributed by atoms with E-state index in [0.717, 1.165) is 124 Å². The van der Waals surface area contributed by atoms with Crippen LogP contribution < -0.4 is 29.4 Å². The number of benzene rings is 20. The van der Waals surface area contributed by atoms with Gasteiger partial charge in [0.1, 0.15) is 11.2 Å². The molecule has 0 radical (unpaired) electrons. The number of rotatable bonds is 10. The van der Waals surface area contributed by atoms with E-state index in [4.69, 9.17) is 9.40 Å². The molecule has 0 saturated carbocycles. The first kappa shape index (κ1) is 84.6. The summed E-state index contributed by atoms with van der Waals surface area (Å²) in [6.07, 6.45) is 0. The molecule has 23 aromatic rings. The highest BCUT2D eigenvalue weighted by Gasteiger charge is 2.48. The van der Waals surface area contributed by atoms with Crippen LogP contribution in [-0.4, -0.2) is 4.98 Å². The number of pyridine rings is 1. The molecule has 143 heavy (non-hydrogen) atoms. The predicted octanol–water partition coefficient (Wildman–Crippen LogP) is 38.1. The molecule has 0 amide bonds. The maximum absolute atomic E-state index is 6.52. The van der Waals surface area contributed by atoms with Crippen molar-refractivity contribution in [2.24, 2.45) is 0 Å². The molecule has 6 heterocycles. The molecule has 9 heteroatoms. The number of fused-ring (bicyclic) bond motifs is 24. The zero-order chi connectivity index (χ0) is 95.5. The second-order valence-corrected chi connectivity index (χ2v) is 40.6. The summed E-state index contributed by atoms with van der Waals surface area (Å²) in [5.41, 5.74) is 47.1. The van der Waals surface area contributed by atoms with Crippen molar-refractivity contribution >= 4 is 156 Å². The number of para-hydroxylation sites is 8. The lowest BCUT2D eigenvalue weighted by Gasteiger charge is -2.43. The van der Waals surface area contributed by atoms with Crippen LogP contribution in [0.4, 0.5) is 102 Å². The Morgan fingerprint density at radius 3 is 0.951 bits per heavy atom. The lowest BCUT2D eigenvalue weighted by atomic mass is 9.80. The van der Waals surface area contributed by atoms with Gasteiger partial charge in [0.25, 0.3) is 0 Å². The van der Waals surface area contributed by atoms with E-state index in [-0.39, 0.29) is 16.2 Å². The minimum Gasteiger partial charge on any atom is -0.455 e. The van der Waals surface area contributed by atoms with Gasteiger partial charge in [-0.25, -0.2) is 4.98 Å². The van der Waals surface area contributed by atoms with Crippen LogP contribution in [-0.2, 0) is 16.2 Å². The summed E-state index contributed by atoms with van der Waals surface area (Å²) in [6.45, 7) is 14.3. The fourth-order valence-corrected chi connectivity index (χ4v) is 25.3. The van der Waals surface area contributed by atoms with E-state index >= 15 is 0 Å². The van der Waals surface area contributed by atoms with Gasteiger partial charge in [0, 0.05) is 98.0 Å². The first-order valence-electron chi connectivity index (χ1n) is 49.5. The average molecular weight is 1850 g/mol. The van der Waals surface area contributed by atoms with Gasteiger partial charge in [0.2, 0.25) is 0 Å². The van der Waals surface area contributed by atoms with Crippen LogP contribution >= 0.6 is 11.3 Å². The number of anilines is 18. The topological polar surface area (TPSA) is 45.5 Å². The summed E-state index contributed by atoms with van der Waals surface area (Å²) in [7, 11) is 0. The van der Waals surface area contributed by atoms with E-state index in [1.54, 1.807) is 0 Å². The molecule has 6 aliphatic rings. The van der Waals surface area contributed by atoms with Gasteiger partial charge < -0.3 is 33.8 Å². The largest absolute Gasteiger partial charge is 0.455 e. The van der Waals surface area contributed by atoms with Gasteiger partial charge >= 0.3 is 0 Å². The van der Waals surface area contributed by atoms with E-state index in [1.165, 1.54) is 132 Å². The zero-order valence-corrected chi connectivity index (χ0v) is 80.9. The van der Waals surface area contributed by atoms with Crippen molar-refractivity contribution < 1.29 is 4.42 Å². The Labute approximate surface area is 837 Å². The molecule has 0 saturated heterocycles. The molecule has 3 aromatic heterocycles. The predicted molar refractivity (Wildman–Crippen MR) is 600 cm³/mol. The molecule has 680 valence electrons.